The summed E-state index contributed by atoms with van der Waals surface area (Å²) in [7, 11) is 0. The Bertz CT molecular complexity index is 726. The number of rotatable bonds is 5. The number of hydrogen-bond donors (Lipinski definition) is 1. The molecule has 0 radical (unpaired) electrons. The van der Waals surface area contributed by atoms with Gasteiger partial charge in [0.25, 0.3) is 5.91 Å². The fourth-order valence-electron chi connectivity index (χ4n) is 2.02. The van der Waals surface area contributed by atoms with E-state index >= 15 is 0 Å². The molecular formula is C18H18ClNO3. The summed E-state index contributed by atoms with van der Waals surface area (Å²) >= 11 is 5.90. The third-order valence-electron chi connectivity index (χ3n) is 3.37. The fraction of sp³-hybridized carbons (Fsp3) is 0.222. The summed E-state index contributed by atoms with van der Waals surface area (Å²) in [5, 5.41) is 3.38. The molecule has 0 aliphatic carbocycles. The quantitative estimate of drug-likeness (QED) is 0.833. The number of Topliss-reactive ketones (excluding diaryl/α,β-unsaturated/α-hetero) is 1. The number of amides is 1. The van der Waals surface area contributed by atoms with Crippen LogP contribution in [0.25, 0.3) is 0 Å². The summed E-state index contributed by atoms with van der Waals surface area (Å²) in [5.41, 5.74) is 2.08. The molecule has 0 saturated carbocycles. The van der Waals surface area contributed by atoms with Crippen LogP contribution >= 0.6 is 11.6 Å². The van der Waals surface area contributed by atoms with E-state index in [0.717, 1.165) is 5.56 Å². The van der Waals surface area contributed by atoms with Crippen LogP contribution in [0.3, 0.4) is 0 Å². The largest absolute Gasteiger partial charge is 0.481 e. The molecule has 23 heavy (non-hydrogen) atoms. The van der Waals surface area contributed by atoms with Crippen LogP contribution in [-0.4, -0.2) is 17.8 Å². The number of ether oxygens (including phenoxy) is 1. The van der Waals surface area contributed by atoms with Crippen LogP contribution in [0.4, 0.5) is 5.69 Å². The molecular weight excluding hydrogens is 314 g/mol. The lowest BCUT2D eigenvalue weighted by Crippen LogP contribution is -2.30. The third kappa shape index (κ3) is 4.57. The van der Waals surface area contributed by atoms with Crippen molar-refractivity contribution < 1.29 is 14.3 Å². The van der Waals surface area contributed by atoms with Gasteiger partial charge in [0.2, 0.25) is 0 Å². The monoisotopic (exact) mass is 331 g/mol. The summed E-state index contributed by atoms with van der Waals surface area (Å²) in [6.07, 6.45) is -0.664. The zero-order chi connectivity index (χ0) is 17.0. The lowest BCUT2D eigenvalue weighted by molar-refractivity contribution is -0.122. The lowest BCUT2D eigenvalue weighted by Gasteiger charge is -2.16. The zero-order valence-electron chi connectivity index (χ0n) is 13.2. The van der Waals surface area contributed by atoms with Gasteiger partial charge in [-0.1, -0.05) is 11.6 Å². The van der Waals surface area contributed by atoms with Crippen molar-refractivity contribution in [1.82, 2.24) is 0 Å². The van der Waals surface area contributed by atoms with Gasteiger partial charge in [-0.3, -0.25) is 9.59 Å². The highest BCUT2D eigenvalue weighted by Crippen LogP contribution is 2.23. The second kappa shape index (κ2) is 7.29. The van der Waals surface area contributed by atoms with Gasteiger partial charge in [0.05, 0.1) is 0 Å². The summed E-state index contributed by atoms with van der Waals surface area (Å²) in [5.74, 6) is 0.330. The fourth-order valence-corrected chi connectivity index (χ4v) is 2.25. The highest BCUT2D eigenvalue weighted by Gasteiger charge is 2.16. The number of carbonyl (C=O) groups excluding carboxylic acids is 2. The number of ketones is 1. The van der Waals surface area contributed by atoms with Crippen LogP contribution in [0.1, 0.15) is 29.8 Å². The Morgan fingerprint density at radius 1 is 1.13 bits per heavy atom. The molecule has 1 N–H and O–H groups in total. The number of nitrogens with one attached hydrogen (secondary N) is 1. The SMILES string of the molecule is CC(=O)c1ccc(NC(=O)[C@@H](C)Oc2ccc(Cl)cc2C)cc1. The average Bonchev–Trinajstić information content (AvgIpc) is 2.50. The van der Waals surface area contributed by atoms with Gasteiger partial charge < -0.3 is 10.1 Å². The maximum atomic E-state index is 12.2. The Labute approximate surface area is 140 Å². The normalized spacial score (nSPS) is 11.7. The molecule has 4 nitrogen and oxygen atoms in total. The molecule has 1 atom stereocenters. The molecule has 0 spiro atoms. The Morgan fingerprint density at radius 3 is 2.35 bits per heavy atom. The van der Waals surface area contributed by atoms with Gasteiger partial charge in [0.15, 0.2) is 11.9 Å². The van der Waals surface area contributed by atoms with E-state index < -0.39 is 6.10 Å². The Morgan fingerprint density at radius 2 is 1.78 bits per heavy atom. The van der Waals surface area contributed by atoms with E-state index in [4.69, 9.17) is 16.3 Å². The van der Waals surface area contributed by atoms with E-state index in [9.17, 15) is 9.59 Å². The summed E-state index contributed by atoms with van der Waals surface area (Å²) in [4.78, 5) is 23.4. The molecule has 0 aliphatic rings. The predicted octanol–water partition coefficient (Wildman–Crippen LogP) is 4.26. The smallest absolute Gasteiger partial charge is 0.265 e. The minimum atomic E-state index is -0.664. The summed E-state index contributed by atoms with van der Waals surface area (Å²) < 4.78 is 5.67. The van der Waals surface area contributed by atoms with Crippen LogP contribution in [0.5, 0.6) is 5.75 Å². The van der Waals surface area contributed by atoms with Crippen molar-refractivity contribution in [2.75, 3.05) is 5.32 Å². The van der Waals surface area contributed by atoms with Crippen molar-refractivity contribution >= 4 is 29.0 Å². The first kappa shape index (κ1) is 17.0. The zero-order valence-corrected chi connectivity index (χ0v) is 14.0. The number of aryl methyl sites for hydroxylation is 1. The van der Waals surface area contributed by atoms with E-state index in [-0.39, 0.29) is 11.7 Å². The predicted molar refractivity (Wildman–Crippen MR) is 91.4 cm³/mol. The van der Waals surface area contributed by atoms with Gasteiger partial charge in [-0.2, -0.15) is 0 Å². The highest BCUT2D eigenvalue weighted by atomic mass is 35.5. The van der Waals surface area contributed by atoms with Crippen LogP contribution < -0.4 is 10.1 Å². The van der Waals surface area contributed by atoms with Gasteiger partial charge in [-0.15, -0.1) is 0 Å². The van der Waals surface area contributed by atoms with Gasteiger partial charge in [0, 0.05) is 16.3 Å². The van der Waals surface area contributed by atoms with E-state index in [2.05, 4.69) is 5.32 Å². The molecule has 2 aromatic carbocycles. The number of benzene rings is 2. The first-order valence-corrected chi connectivity index (χ1v) is 7.59. The molecule has 120 valence electrons. The molecule has 0 saturated heterocycles. The first-order valence-electron chi connectivity index (χ1n) is 7.21. The van der Waals surface area contributed by atoms with Gasteiger partial charge >= 0.3 is 0 Å². The molecule has 2 rings (SSSR count). The molecule has 0 bridgehead atoms. The molecule has 2 aromatic rings. The number of anilines is 1. The molecule has 0 heterocycles. The number of halogens is 1. The summed E-state index contributed by atoms with van der Waals surface area (Å²) in [6.45, 7) is 5.04. The maximum Gasteiger partial charge on any atom is 0.265 e. The van der Waals surface area contributed by atoms with E-state index in [1.807, 2.05) is 6.92 Å². The lowest BCUT2D eigenvalue weighted by atomic mass is 10.1. The molecule has 5 heteroatoms. The summed E-state index contributed by atoms with van der Waals surface area (Å²) in [6, 6.07) is 12.0. The van der Waals surface area contributed by atoms with Crippen molar-refractivity contribution in [3.63, 3.8) is 0 Å². The second-order valence-corrected chi connectivity index (χ2v) is 5.73. The average molecular weight is 332 g/mol. The minimum absolute atomic E-state index is 0.0159. The standard InChI is InChI=1S/C18H18ClNO3/c1-11-10-15(19)6-9-17(11)23-13(3)18(22)20-16-7-4-14(5-8-16)12(2)21/h4-10,13H,1-3H3,(H,20,22)/t13-/m1/s1. The molecule has 0 unspecified atom stereocenters. The first-order chi connectivity index (χ1) is 10.9. The topological polar surface area (TPSA) is 55.4 Å². The Hall–Kier alpha value is -2.33. The third-order valence-corrected chi connectivity index (χ3v) is 3.60. The number of hydrogen-bond acceptors (Lipinski definition) is 3. The molecule has 0 aliphatic heterocycles. The second-order valence-electron chi connectivity index (χ2n) is 5.29. The van der Waals surface area contributed by atoms with Crippen molar-refractivity contribution in [3.8, 4) is 5.75 Å². The van der Waals surface area contributed by atoms with Crippen molar-refractivity contribution in [1.29, 1.82) is 0 Å². The Kier molecular flexibility index (Phi) is 5.40. The van der Waals surface area contributed by atoms with Gasteiger partial charge in [0.1, 0.15) is 5.75 Å². The van der Waals surface area contributed by atoms with Crippen LogP contribution in [-0.2, 0) is 4.79 Å². The van der Waals surface area contributed by atoms with E-state index in [1.54, 1.807) is 49.4 Å². The van der Waals surface area contributed by atoms with Crippen molar-refractivity contribution in [2.45, 2.75) is 26.9 Å². The van der Waals surface area contributed by atoms with Gasteiger partial charge in [-0.05, 0) is 68.8 Å². The van der Waals surface area contributed by atoms with Crippen LogP contribution in [0.2, 0.25) is 5.02 Å². The van der Waals surface area contributed by atoms with E-state index in [1.165, 1.54) is 6.92 Å². The van der Waals surface area contributed by atoms with Crippen molar-refractivity contribution in [3.05, 3.63) is 58.6 Å². The molecule has 0 aromatic heterocycles. The number of carbonyl (C=O) groups is 2. The molecule has 0 fully saturated rings. The van der Waals surface area contributed by atoms with Crippen LogP contribution in [0, 0.1) is 6.92 Å². The molecule has 1 amide bonds. The van der Waals surface area contributed by atoms with Crippen LogP contribution in [0.15, 0.2) is 42.5 Å². The minimum Gasteiger partial charge on any atom is -0.481 e. The van der Waals surface area contributed by atoms with E-state index in [0.29, 0.717) is 22.0 Å². The highest BCUT2D eigenvalue weighted by molar-refractivity contribution is 6.30. The van der Waals surface area contributed by atoms with Gasteiger partial charge in [-0.25, -0.2) is 0 Å². The Balaban J connectivity index is 2.00. The maximum absolute atomic E-state index is 12.2. The van der Waals surface area contributed by atoms with Crippen molar-refractivity contribution in [2.24, 2.45) is 0 Å².